The van der Waals surface area contributed by atoms with E-state index in [1.165, 1.54) is 19.2 Å². The van der Waals surface area contributed by atoms with Crippen LogP contribution in [0, 0.1) is 13.8 Å². The van der Waals surface area contributed by atoms with Crippen molar-refractivity contribution in [3.8, 4) is 0 Å². The zero-order valence-corrected chi connectivity index (χ0v) is 16.5. The van der Waals surface area contributed by atoms with Gasteiger partial charge in [0.15, 0.2) is 5.78 Å². The Morgan fingerprint density at radius 3 is 2.19 bits per heavy atom. The summed E-state index contributed by atoms with van der Waals surface area (Å²) in [6, 6.07) is 11.8. The predicted molar refractivity (Wildman–Crippen MR) is 104 cm³/mol. The zero-order chi connectivity index (χ0) is 20.0. The third-order valence-electron chi connectivity index (χ3n) is 4.40. The van der Waals surface area contributed by atoms with Gasteiger partial charge >= 0.3 is 0 Å². The Morgan fingerprint density at radius 2 is 1.59 bits per heavy atom. The second-order valence-electron chi connectivity index (χ2n) is 6.35. The highest BCUT2D eigenvalue weighted by atomic mass is 32.2. The number of aryl methyl sites for hydroxylation is 2. The predicted octanol–water partition coefficient (Wildman–Crippen LogP) is 2.49. The van der Waals surface area contributed by atoms with E-state index in [1.54, 1.807) is 18.2 Å². The lowest BCUT2D eigenvalue weighted by Gasteiger charge is -2.07. The second-order valence-corrected chi connectivity index (χ2v) is 8.24. The highest BCUT2D eigenvalue weighted by Gasteiger charge is 2.12. The molecule has 0 saturated carbocycles. The molecule has 2 N–H and O–H groups in total. The minimum atomic E-state index is -3.47. The van der Waals surface area contributed by atoms with E-state index in [1.807, 2.05) is 26.0 Å². The molecule has 0 heterocycles. The van der Waals surface area contributed by atoms with E-state index < -0.39 is 10.0 Å². The number of nitrogens with one attached hydrogen (secondary N) is 2. The lowest BCUT2D eigenvalue weighted by atomic mass is 10.0. The molecular formula is C20H24N2O4S. The molecule has 0 fully saturated rings. The maximum atomic E-state index is 12.2. The molecule has 1 amide bonds. The van der Waals surface area contributed by atoms with Gasteiger partial charge in [0.25, 0.3) is 0 Å². The van der Waals surface area contributed by atoms with Crippen LogP contribution < -0.4 is 10.0 Å². The number of Topliss-reactive ketones (excluding diaryl/α,β-unsaturated/α-hetero) is 1. The largest absolute Gasteiger partial charge is 0.352 e. The van der Waals surface area contributed by atoms with Gasteiger partial charge in [0.05, 0.1) is 4.90 Å². The summed E-state index contributed by atoms with van der Waals surface area (Å²) in [5.41, 5.74) is 3.57. The third kappa shape index (κ3) is 5.74. The molecule has 144 valence electrons. The lowest BCUT2D eigenvalue weighted by molar-refractivity contribution is -0.121. The molecule has 0 radical (unpaired) electrons. The standard InChI is InChI=1S/C20H24N2O4S/c1-14-4-7-17(12-15(14)2)19(23)10-11-20(24)22-13-16-5-8-18(9-6-16)27(25,26)21-3/h4-9,12,21H,10-11,13H2,1-3H3,(H,22,24). The molecule has 2 rings (SSSR count). The number of ketones is 1. The van der Waals surface area contributed by atoms with E-state index in [4.69, 9.17) is 0 Å². The number of sulfonamides is 1. The molecule has 2 aromatic rings. The Hall–Kier alpha value is -2.51. The number of hydrogen-bond donors (Lipinski definition) is 2. The van der Waals surface area contributed by atoms with Crippen molar-refractivity contribution in [1.29, 1.82) is 0 Å². The van der Waals surface area contributed by atoms with E-state index in [0.29, 0.717) is 5.56 Å². The lowest BCUT2D eigenvalue weighted by Crippen LogP contribution is -2.23. The number of amides is 1. The van der Waals surface area contributed by atoms with E-state index in [2.05, 4.69) is 10.0 Å². The van der Waals surface area contributed by atoms with Crippen molar-refractivity contribution in [2.45, 2.75) is 38.1 Å². The highest BCUT2D eigenvalue weighted by molar-refractivity contribution is 7.89. The number of rotatable bonds is 8. The van der Waals surface area contributed by atoms with E-state index in [9.17, 15) is 18.0 Å². The fourth-order valence-corrected chi connectivity index (χ4v) is 3.21. The van der Waals surface area contributed by atoms with Crippen LogP contribution >= 0.6 is 0 Å². The normalized spacial score (nSPS) is 11.2. The molecule has 7 heteroatoms. The SMILES string of the molecule is CNS(=O)(=O)c1ccc(CNC(=O)CCC(=O)c2ccc(C)c(C)c2)cc1. The van der Waals surface area contributed by atoms with E-state index in [0.717, 1.165) is 16.7 Å². The molecule has 0 bridgehead atoms. The van der Waals surface area contributed by atoms with Crippen LogP contribution in [0.15, 0.2) is 47.4 Å². The molecule has 6 nitrogen and oxygen atoms in total. The van der Waals surface area contributed by atoms with Crippen LogP contribution in [-0.4, -0.2) is 27.2 Å². The zero-order valence-electron chi connectivity index (χ0n) is 15.7. The van der Waals surface area contributed by atoms with Gasteiger partial charge in [-0.3, -0.25) is 9.59 Å². The molecular weight excluding hydrogens is 364 g/mol. The minimum absolute atomic E-state index is 0.0603. The summed E-state index contributed by atoms with van der Waals surface area (Å²) < 4.78 is 25.6. The van der Waals surface area contributed by atoms with Crippen LogP contribution in [0.3, 0.4) is 0 Å². The maximum Gasteiger partial charge on any atom is 0.240 e. The van der Waals surface area contributed by atoms with E-state index >= 15 is 0 Å². The molecule has 0 aliphatic heterocycles. The number of hydrogen-bond acceptors (Lipinski definition) is 4. The molecule has 0 aliphatic carbocycles. The topological polar surface area (TPSA) is 92.3 Å². The third-order valence-corrected chi connectivity index (χ3v) is 5.83. The van der Waals surface area contributed by atoms with Crippen molar-refractivity contribution in [2.75, 3.05) is 7.05 Å². The average molecular weight is 388 g/mol. The van der Waals surface area contributed by atoms with Crippen molar-refractivity contribution in [3.05, 3.63) is 64.7 Å². The summed E-state index contributed by atoms with van der Waals surface area (Å²) in [6.45, 7) is 4.21. The van der Waals surface area contributed by atoms with Crippen LogP contribution in [0.25, 0.3) is 0 Å². The van der Waals surface area contributed by atoms with Crippen molar-refractivity contribution in [2.24, 2.45) is 0 Å². The van der Waals surface area contributed by atoms with Crippen LogP contribution in [0.5, 0.6) is 0 Å². The van der Waals surface area contributed by atoms with Crippen LogP contribution in [-0.2, 0) is 21.4 Å². The fourth-order valence-electron chi connectivity index (χ4n) is 2.48. The van der Waals surface area contributed by atoms with Gasteiger partial charge in [-0.15, -0.1) is 0 Å². The first-order valence-corrected chi connectivity index (χ1v) is 10.1. The molecule has 0 atom stereocenters. The summed E-state index contributed by atoms with van der Waals surface area (Å²) in [5, 5.41) is 2.74. The summed E-state index contributed by atoms with van der Waals surface area (Å²) in [4.78, 5) is 24.3. The van der Waals surface area contributed by atoms with Gasteiger partial charge in [0.2, 0.25) is 15.9 Å². The Bertz CT molecular complexity index is 935. The molecule has 0 saturated heterocycles. The first-order chi connectivity index (χ1) is 12.7. The van der Waals surface area contributed by atoms with Crippen LogP contribution in [0.1, 0.15) is 39.9 Å². The summed E-state index contributed by atoms with van der Waals surface area (Å²) in [6.07, 6.45) is 0.256. The first-order valence-electron chi connectivity index (χ1n) is 8.62. The smallest absolute Gasteiger partial charge is 0.240 e. The first kappa shape index (κ1) is 20.8. The van der Waals surface area contributed by atoms with Gasteiger partial charge in [-0.25, -0.2) is 13.1 Å². The minimum Gasteiger partial charge on any atom is -0.352 e. The van der Waals surface area contributed by atoms with Gasteiger partial charge in [0.1, 0.15) is 0 Å². The second kappa shape index (κ2) is 8.92. The van der Waals surface area contributed by atoms with Gasteiger partial charge in [-0.2, -0.15) is 0 Å². The maximum absolute atomic E-state index is 12.2. The Labute approximate surface area is 160 Å². The summed E-state index contributed by atoms with van der Waals surface area (Å²) >= 11 is 0. The van der Waals surface area contributed by atoms with Crippen LogP contribution in [0.2, 0.25) is 0 Å². The molecule has 0 aliphatic rings. The number of benzene rings is 2. The molecule has 0 aromatic heterocycles. The monoisotopic (exact) mass is 388 g/mol. The Kier molecular flexibility index (Phi) is 6.87. The van der Waals surface area contributed by atoms with Crippen molar-refractivity contribution in [3.63, 3.8) is 0 Å². The van der Waals surface area contributed by atoms with Gasteiger partial charge in [-0.1, -0.05) is 24.3 Å². The quantitative estimate of drug-likeness (QED) is 0.680. The van der Waals surface area contributed by atoms with E-state index in [-0.39, 0.29) is 36.0 Å². The highest BCUT2D eigenvalue weighted by Crippen LogP contribution is 2.13. The van der Waals surface area contributed by atoms with Gasteiger partial charge < -0.3 is 5.32 Å². The number of carbonyl (C=O) groups excluding carboxylic acids is 2. The summed E-state index contributed by atoms with van der Waals surface area (Å²) in [7, 11) is -2.12. The van der Waals surface area contributed by atoms with Gasteiger partial charge in [-0.05, 0) is 55.8 Å². The van der Waals surface area contributed by atoms with Crippen molar-refractivity contribution >= 4 is 21.7 Å². The van der Waals surface area contributed by atoms with Gasteiger partial charge in [0, 0.05) is 24.9 Å². The Balaban J connectivity index is 1.84. The van der Waals surface area contributed by atoms with Crippen molar-refractivity contribution < 1.29 is 18.0 Å². The molecule has 2 aromatic carbocycles. The Morgan fingerprint density at radius 1 is 0.926 bits per heavy atom. The molecule has 0 spiro atoms. The van der Waals surface area contributed by atoms with Crippen LogP contribution in [0.4, 0.5) is 0 Å². The molecule has 0 unspecified atom stereocenters. The molecule has 27 heavy (non-hydrogen) atoms. The van der Waals surface area contributed by atoms with Crippen molar-refractivity contribution in [1.82, 2.24) is 10.0 Å². The average Bonchev–Trinajstić information content (AvgIpc) is 2.66. The number of carbonyl (C=O) groups is 2. The fraction of sp³-hybridized carbons (Fsp3) is 0.300. The summed E-state index contributed by atoms with van der Waals surface area (Å²) in [5.74, 6) is -0.283.